The van der Waals surface area contributed by atoms with E-state index in [1.165, 1.54) is 65.1 Å². The third-order valence-corrected chi connectivity index (χ3v) is 3.12. The maximum absolute atomic E-state index is 3.39. The molecule has 0 radical (unpaired) electrons. The minimum absolute atomic E-state index is 1.17. The summed E-state index contributed by atoms with van der Waals surface area (Å²) < 4.78 is 0. The van der Waals surface area contributed by atoms with Crippen LogP contribution in [0.1, 0.15) is 40.0 Å². The molecule has 1 aliphatic rings. The van der Waals surface area contributed by atoms with Crippen molar-refractivity contribution in [2.45, 2.75) is 40.0 Å². The summed E-state index contributed by atoms with van der Waals surface area (Å²) in [6.45, 7) is 14.9. The number of hydrogen-bond acceptors (Lipinski definition) is 3. The fraction of sp³-hybridized carbons (Fsp3) is 1.00. The lowest BCUT2D eigenvalue weighted by Crippen LogP contribution is -2.44. The van der Waals surface area contributed by atoms with Crippen molar-refractivity contribution < 1.29 is 0 Å². The Morgan fingerprint density at radius 3 is 2.24 bits per heavy atom. The van der Waals surface area contributed by atoms with Gasteiger partial charge in [-0.25, -0.2) is 0 Å². The summed E-state index contributed by atoms with van der Waals surface area (Å²) in [6, 6.07) is 0. The summed E-state index contributed by atoms with van der Waals surface area (Å²) in [5.41, 5.74) is 0. The van der Waals surface area contributed by atoms with Gasteiger partial charge in [0.05, 0.1) is 0 Å². The summed E-state index contributed by atoms with van der Waals surface area (Å²) in [5, 5.41) is 3.39. The van der Waals surface area contributed by atoms with E-state index >= 15 is 0 Å². The zero-order chi connectivity index (χ0) is 12.9. The lowest BCUT2D eigenvalue weighted by atomic mass is 10.3. The lowest BCUT2D eigenvalue weighted by Gasteiger charge is -2.27. The van der Waals surface area contributed by atoms with Crippen molar-refractivity contribution in [3.8, 4) is 0 Å². The van der Waals surface area contributed by atoms with Gasteiger partial charge in [-0.05, 0) is 39.5 Å². The number of unbranched alkanes of at least 4 members (excludes halogenated alkanes) is 1. The maximum Gasteiger partial charge on any atom is 0.0107 e. The van der Waals surface area contributed by atoms with E-state index in [0.29, 0.717) is 0 Å². The summed E-state index contributed by atoms with van der Waals surface area (Å²) in [6.07, 6.45) is 3.96. The number of piperazine rings is 1. The second-order valence-corrected chi connectivity index (χ2v) is 4.60. The van der Waals surface area contributed by atoms with Gasteiger partial charge in [0, 0.05) is 26.2 Å². The van der Waals surface area contributed by atoms with Crippen molar-refractivity contribution in [3.63, 3.8) is 0 Å². The van der Waals surface area contributed by atoms with Gasteiger partial charge in [0.1, 0.15) is 0 Å². The summed E-state index contributed by atoms with van der Waals surface area (Å²) >= 11 is 0. The predicted molar refractivity (Wildman–Crippen MR) is 77.7 cm³/mol. The second-order valence-electron chi connectivity index (χ2n) is 4.60. The maximum atomic E-state index is 3.39. The molecule has 0 saturated carbocycles. The first-order valence-corrected chi connectivity index (χ1v) is 7.44. The van der Waals surface area contributed by atoms with Gasteiger partial charge in [-0.1, -0.05) is 27.2 Å². The Morgan fingerprint density at radius 1 is 1.06 bits per heavy atom. The molecule has 0 bridgehead atoms. The Hall–Kier alpha value is -0.120. The van der Waals surface area contributed by atoms with Gasteiger partial charge in [-0.15, -0.1) is 0 Å². The highest BCUT2D eigenvalue weighted by Gasteiger charge is 2.08. The fourth-order valence-electron chi connectivity index (χ4n) is 2.04. The first-order valence-electron chi connectivity index (χ1n) is 7.44. The van der Waals surface area contributed by atoms with E-state index in [4.69, 9.17) is 0 Å². The third kappa shape index (κ3) is 9.57. The molecule has 0 aromatic heterocycles. The van der Waals surface area contributed by atoms with Crippen LogP contribution in [0.3, 0.4) is 0 Å². The quantitative estimate of drug-likeness (QED) is 0.738. The van der Waals surface area contributed by atoms with E-state index in [1.54, 1.807) is 0 Å². The molecule has 0 aromatic rings. The summed E-state index contributed by atoms with van der Waals surface area (Å²) in [5.74, 6) is 0. The average Bonchev–Trinajstić information content (AvgIpc) is 2.40. The SMILES string of the molecule is CC.CCCCN(C)CCCN1CCNCC1. The van der Waals surface area contributed by atoms with E-state index < -0.39 is 0 Å². The van der Waals surface area contributed by atoms with Crippen LogP contribution in [0.5, 0.6) is 0 Å². The van der Waals surface area contributed by atoms with E-state index in [0.717, 1.165) is 0 Å². The van der Waals surface area contributed by atoms with E-state index in [9.17, 15) is 0 Å². The van der Waals surface area contributed by atoms with Crippen molar-refractivity contribution >= 4 is 0 Å². The number of rotatable bonds is 7. The first kappa shape index (κ1) is 16.9. The van der Waals surface area contributed by atoms with Crippen molar-refractivity contribution in [3.05, 3.63) is 0 Å². The monoisotopic (exact) mass is 243 g/mol. The van der Waals surface area contributed by atoms with Gasteiger partial charge in [-0.2, -0.15) is 0 Å². The Morgan fingerprint density at radius 2 is 1.65 bits per heavy atom. The van der Waals surface area contributed by atoms with Crippen LogP contribution in [0.4, 0.5) is 0 Å². The van der Waals surface area contributed by atoms with Crippen LogP contribution in [-0.4, -0.2) is 62.7 Å². The van der Waals surface area contributed by atoms with Gasteiger partial charge in [0.25, 0.3) is 0 Å². The average molecular weight is 243 g/mol. The molecule has 0 aromatic carbocycles. The molecule has 1 rings (SSSR count). The lowest BCUT2D eigenvalue weighted by molar-refractivity contribution is 0.221. The Bertz CT molecular complexity index is 144. The molecule has 1 aliphatic heterocycles. The standard InChI is InChI=1S/C12H27N3.C2H6/c1-3-4-8-14(2)9-5-10-15-11-6-13-7-12-15;1-2/h13H,3-12H2,1-2H3;1-2H3. The highest BCUT2D eigenvalue weighted by Crippen LogP contribution is 1.97. The molecule has 0 amide bonds. The van der Waals surface area contributed by atoms with Crippen molar-refractivity contribution in [2.75, 3.05) is 52.9 Å². The minimum Gasteiger partial charge on any atom is -0.314 e. The van der Waals surface area contributed by atoms with Crippen LogP contribution in [-0.2, 0) is 0 Å². The van der Waals surface area contributed by atoms with Crippen LogP contribution in [0.15, 0.2) is 0 Å². The zero-order valence-corrected chi connectivity index (χ0v) is 12.5. The van der Waals surface area contributed by atoms with Crippen LogP contribution >= 0.6 is 0 Å². The first-order chi connectivity index (χ1) is 8.33. The zero-order valence-electron chi connectivity index (χ0n) is 12.5. The molecule has 17 heavy (non-hydrogen) atoms. The molecule has 0 spiro atoms. The van der Waals surface area contributed by atoms with E-state index in [2.05, 4.69) is 29.1 Å². The van der Waals surface area contributed by atoms with E-state index in [1.807, 2.05) is 13.8 Å². The van der Waals surface area contributed by atoms with Crippen molar-refractivity contribution in [1.29, 1.82) is 0 Å². The van der Waals surface area contributed by atoms with Crippen LogP contribution in [0, 0.1) is 0 Å². The van der Waals surface area contributed by atoms with Gasteiger partial charge in [0.2, 0.25) is 0 Å². The molecule has 0 unspecified atom stereocenters. The fourth-order valence-corrected chi connectivity index (χ4v) is 2.04. The van der Waals surface area contributed by atoms with Crippen LogP contribution in [0.25, 0.3) is 0 Å². The smallest absolute Gasteiger partial charge is 0.0107 e. The minimum atomic E-state index is 1.17. The molecule has 3 heteroatoms. The molecular formula is C14H33N3. The highest BCUT2D eigenvalue weighted by molar-refractivity contribution is 4.67. The molecule has 0 aliphatic carbocycles. The normalized spacial score (nSPS) is 16.8. The summed E-state index contributed by atoms with van der Waals surface area (Å²) in [4.78, 5) is 5.04. The van der Waals surface area contributed by atoms with Gasteiger partial charge < -0.3 is 15.1 Å². The largest absolute Gasteiger partial charge is 0.314 e. The van der Waals surface area contributed by atoms with Crippen molar-refractivity contribution in [1.82, 2.24) is 15.1 Å². The predicted octanol–water partition coefficient (Wildman–Crippen LogP) is 2.04. The van der Waals surface area contributed by atoms with Crippen LogP contribution < -0.4 is 5.32 Å². The molecule has 1 heterocycles. The Balaban J connectivity index is 0.00000121. The highest BCUT2D eigenvalue weighted by atomic mass is 15.2. The van der Waals surface area contributed by atoms with E-state index in [-0.39, 0.29) is 0 Å². The summed E-state index contributed by atoms with van der Waals surface area (Å²) in [7, 11) is 2.24. The molecule has 1 fully saturated rings. The topological polar surface area (TPSA) is 18.5 Å². The Labute approximate surface area is 109 Å². The van der Waals surface area contributed by atoms with Gasteiger partial charge in [-0.3, -0.25) is 0 Å². The molecule has 1 N–H and O–H groups in total. The molecule has 0 atom stereocenters. The second kappa shape index (κ2) is 12.3. The third-order valence-electron chi connectivity index (χ3n) is 3.12. The molecule has 104 valence electrons. The Kier molecular flexibility index (Phi) is 12.3. The molecule has 1 saturated heterocycles. The number of nitrogens with one attached hydrogen (secondary N) is 1. The number of nitrogens with zero attached hydrogens (tertiary/aromatic N) is 2. The molecular weight excluding hydrogens is 210 g/mol. The van der Waals surface area contributed by atoms with Crippen LogP contribution in [0.2, 0.25) is 0 Å². The molecule has 3 nitrogen and oxygen atoms in total. The van der Waals surface area contributed by atoms with Gasteiger partial charge in [0.15, 0.2) is 0 Å². The number of hydrogen-bond donors (Lipinski definition) is 1. The van der Waals surface area contributed by atoms with Gasteiger partial charge >= 0.3 is 0 Å². The van der Waals surface area contributed by atoms with Crippen molar-refractivity contribution in [2.24, 2.45) is 0 Å².